The lowest BCUT2D eigenvalue weighted by atomic mass is 10.1. The van der Waals surface area contributed by atoms with E-state index in [1.807, 2.05) is 12.1 Å². The van der Waals surface area contributed by atoms with Crippen LogP contribution in [0.1, 0.15) is 18.4 Å². The Labute approximate surface area is 129 Å². The molecule has 116 valence electrons. The van der Waals surface area contributed by atoms with E-state index in [4.69, 9.17) is 9.47 Å². The van der Waals surface area contributed by atoms with Gasteiger partial charge in [0, 0.05) is 24.7 Å². The number of hydrogen-bond donors (Lipinski definition) is 0. The summed E-state index contributed by atoms with van der Waals surface area (Å²) < 4.78 is 12.6. The maximum atomic E-state index is 5.54. The van der Waals surface area contributed by atoms with Crippen molar-refractivity contribution >= 4 is 11.9 Å². The Balaban J connectivity index is 1.95. The minimum Gasteiger partial charge on any atom is -0.496 e. The predicted octanol–water partition coefficient (Wildman–Crippen LogP) is 1.78. The number of rotatable bonds is 5. The van der Waals surface area contributed by atoms with E-state index in [-0.39, 0.29) is 0 Å². The molecule has 0 aliphatic carbocycles. The number of nitrogens with zero attached hydrogens (tertiary/aromatic N) is 5. The zero-order valence-corrected chi connectivity index (χ0v) is 12.8. The molecule has 1 aliphatic rings. The maximum absolute atomic E-state index is 5.54. The predicted molar refractivity (Wildman–Crippen MR) is 84.0 cm³/mol. The van der Waals surface area contributed by atoms with Crippen LogP contribution in [0, 0.1) is 0 Å². The molecule has 0 amide bonds. The number of aromatic nitrogens is 3. The summed E-state index contributed by atoms with van der Waals surface area (Å²) in [6, 6.07) is 3.96. The van der Waals surface area contributed by atoms with Crippen LogP contribution in [-0.4, -0.2) is 48.4 Å². The highest BCUT2D eigenvalue weighted by atomic mass is 16.5. The Hall–Kier alpha value is -2.57. The smallest absolute Gasteiger partial charge is 0.143 e. The van der Waals surface area contributed by atoms with Crippen LogP contribution < -0.4 is 14.4 Å². The van der Waals surface area contributed by atoms with E-state index in [1.165, 1.54) is 30.2 Å². The van der Waals surface area contributed by atoms with Crippen molar-refractivity contribution in [2.45, 2.75) is 12.8 Å². The first-order valence-electron chi connectivity index (χ1n) is 7.22. The number of methoxy groups -OCH3 is 2. The molecule has 7 heteroatoms. The summed E-state index contributed by atoms with van der Waals surface area (Å²) in [5.74, 6) is 1.59. The first-order chi connectivity index (χ1) is 10.8. The first kappa shape index (κ1) is 14.4. The molecule has 3 rings (SSSR count). The molecule has 0 radical (unpaired) electrons. The molecule has 1 aliphatic heterocycles. The van der Waals surface area contributed by atoms with E-state index in [0.717, 1.165) is 35.8 Å². The number of anilines is 1. The Morgan fingerprint density at radius 3 is 2.36 bits per heavy atom. The molecule has 1 saturated heterocycles. The molecule has 1 aromatic carbocycles. The van der Waals surface area contributed by atoms with Gasteiger partial charge in [0.15, 0.2) is 0 Å². The number of hydrogen-bond acceptors (Lipinski definition) is 6. The lowest BCUT2D eigenvalue weighted by molar-refractivity contribution is 0.402. The summed E-state index contributed by atoms with van der Waals surface area (Å²) in [7, 11) is 3.34. The molecule has 7 nitrogen and oxygen atoms in total. The third kappa shape index (κ3) is 2.88. The Kier molecular flexibility index (Phi) is 4.22. The van der Waals surface area contributed by atoms with Gasteiger partial charge >= 0.3 is 0 Å². The molecule has 2 heterocycles. The van der Waals surface area contributed by atoms with Crippen LogP contribution in [0.3, 0.4) is 0 Å². The summed E-state index contributed by atoms with van der Waals surface area (Å²) in [6.45, 7) is 2.10. The Bertz CT molecular complexity index is 648. The summed E-state index contributed by atoms with van der Waals surface area (Å²) in [5.41, 5.74) is 1.91. The van der Waals surface area contributed by atoms with Crippen molar-refractivity contribution < 1.29 is 9.47 Å². The fourth-order valence-corrected chi connectivity index (χ4v) is 2.60. The SMILES string of the molecule is COc1cc(N2CCCC2)c(OC)cc1/C=N\n1cnnc1. The lowest BCUT2D eigenvalue weighted by Crippen LogP contribution is -2.18. The van der Waals surface area contributed by atoms with Crippen molar-refractivity contribution in [2.24, 2.45) is 5.10 Å². The first-order valence-corrected chi connectivity index (χ1v) is 7.22. The molecule has 0 saturated carbocycles. The summed E-state index contributed by atoms with van der Waals surface area (Å²) in [4.78, 5) is 2.32. The van der Waals surface area contributed by atoms with Gasteiger partial charge in [-0.15, -0.1) is 10.2 Å². The molecular weight excluding hydrogens is 282 g/mol. The molecule has 1 aromatic heterocycles. The monoisotopic (exact) mass is 301 g/mol. The summed E-state index contributed by atoms with van der Waals surface area (Å²) >= 11 is 0. The van der Waals surface area contributed by atoms with E-state index in [1.54, 1.807) is 20.4 Å². The maximum Gasteiger partial charge on any atom is 0.143 e. The third-order valence-electron chi connectivity index (χ3n) is 3.71. The fourth-order valence-electron chi connectivity index (χ4n) is 2.60. The highest BCUT2D eigenvalue weighted by Crippen LogP contribution is 2.36. The Morgan fingerprint density at radius 1 is 1.05 bits per heavy atom. The number of benzene rings is 1. The van der Waals surface area contributed by atoms with Crippen molar-refractivity contribution in [1.82, 2.24) is 14.9 Å². The van der Waals surface area contributed by atoms with Crippen LogP contribution in [0.15, 0.2) is 29.9 Å². The minimum absolute atomic E-state index is 0.763. The van der Waals surface area contributed by atoms with Gasteiger partial charge in [-0.05, 0) is 18.9 Å². The largest absolute Gasteiger partial charge is 0.496 e. The van der Waals surface area contributed by atoms with E-state index < -0.39 is 0 Å². The van der Waals surface area contributed by atoms with E-state index in [0.29, 0.717) is 0 Å². The highest BCUT2D eigenvalue weighted by Gasteiger charge is 2.19. The van der Waals surface area contributed by atoms with E-state index >= 15 is 0 Å². The van der Waals surface area contributed by atoms with Gasteiger partial charge in [-0.25, -0.2) is 4.68 Å². The van der Waals surface area contributed by atoms with Crippen LogP contribution in [0.2, 0.25) is 0 Å². The van der Waals surface area contributed by atoms with Crippen molar-refractivity contribution in [3.8, 4) is 11.5 Å². The highest BCUT2D eigenvalue weighted by molar-refractivity contribution is 5.86. The average Bonchev–Trinajstić information content (AvgIpc) is 3.25. The zero-order chi connectivity index (χ0) is 15.4. The van der Waals surface area contributed by atoms with Crippen molar-refractivity contribution in [3.05, 3.63) is 30.4 Å². The number of ether oxygens (including phenoxy) is 2. The minimum atomic E-state index is 0.763. The van der Waals surface area contributed by atoms with Crippen LogP contribution in [-0.2, 0) is 0 Å². The molecule has 0 spiro atoms. The molecule has 2 aromatic rings. The van der Waals surface area contributed by atoms with Gasteiger partial charge in [0.2, 0.25) is 0 Å². The average molecular weight is 301 g/mol. The third-order valence-corrected chi connectivity index (χ3v) is 3.71. The fraction of sp³-hybridized carbons (Fsp3) is 0.400. The second-order valence-corrected chi connectivity index (χ2v) is 5.05. The van der Waals surface area contributed by atoms with Crippen molar-refractivity contribution in [1.29, 1.82) is 0 Å². The molecule has 0 N–H and O–H groups in total. The standard InChI is InChI=1S/C15H19N5O2/c1-21-14-8-13(19-5-3-4-6-19)15(22-2)7-12(14)9-18-20-10-16-17-11-20/h7-11H,3-6H2,1-2H3/b18-9-. The van der Waals surface area contributed by atoms with Crippen LogP contribution in [0.5, 0.6) is 11.5 Å². The molecule has 0 atom stereocenters. The van der Waals surface area contributed by atoms with Crippen LogP contribution >= 0.6 is 0 Å². The quantitative estimate of drug-likeness (QED) is 0.788. The van der Waals surface area contributed by atoms with Crippen LogP contribution in [0.25, 0.3) is 0 Å². The molecule has 1 fully saturated rings. The summed E-state index contributed by atoms with van der Waals surface area (Å²) in [6.07, 6.45) is 7.18. The van der Waals surface area contributed by atoms with E-state index in [9.17, 15) is 0 Å². The summed E-state index contributed by atoms with van der Waals surface area (Å²) in [5, 5.41) is 11.7. The van der Waals surface area contributed by atoms with Gasteiger partial charge < -0.3 is 14.4 Å². The van der Waals surface area contributed by atoms with E-state index in [2.05, 4.69) is 20.2 Å². The van der Waals surface area contributed by atoms with Gasteiger partial charge in [0.25, 0.3) is 0 Å². The van der Waals surface area contributed by atoms with Gasteiger partial charge in [-0.1, -0.05) is 0 Å². The second kappa shape index (κ2) is 6.46. The van der Waals surface area contributed by atoms with Gasteiger partial charge in [-0.3, -0.25) is 0 Å². The van der Waals surface area contributed by atoms with Gasteiger partial charge in [0.05, 0.1) is 26.1 Å². The normalized spacial score (nSPS) is 14.7. The van der Waals surface area contributed by atoms with Crippen molar-refractivity contribution in [3.63, 3.8) is 0 Å². The Morgan fingerprint density at radius 2 is 1.73 bits per heavy atom. The molecular formula is C15H19N5O2. The second-order valence-electron chi connectivity index (χ2n) is 5.05. The van der Waals surface area contributed by atoms with Crippen molar-refractivity contribution in [2.75, 3.05) is 32.2 Å². The lowest BCUT2D eigenvalue weighted by Gasteiger charge is -2.22. The molecule has 0 unspecified atom stereocenters. The molecule has 22 heavy (non-hydrogen) atoms. The zero-order valence-electron chi connectivity index (χ0n) is 12.8. The van der Waals surface area contributed by atoms with Gasteiger partial charge in [0.1, 0.15) is 24.2 Å². The van der Waals surface area contributed by atoms with Gasteiger partial charge in [-0.2, -0.15) is 5.10 Å². The molecule has 0 bridgehead atoms. The van der Waals surface area contributed by atoms with Crippen LogP contribution in [0.4, 0.5) is 5.69 Å². The topological polar surface area (TPSA) is 64.8 Å².